The van der Waals surface area contributed by atoms with Gasteiger partial charge in [-0.1, -0.05) is 74.5 Å². The zero-order valence-electron chi connectivity index (χ0n) is 90.4. The third kappa shape index (κ3) is 30.9. The molecule has 15 saturated heterocycles. The Kier molecular flexibility index (Phi) is 43.7. The molecule has 0 saturated carbocycles. The predicted octanol–water partition coefficient (Wildman–Crippen LogP) is 2.21. The van der Waals surface area contributed by atoms with Crippen LogP contribution in [0.15, 0.2) is 70.6 Å². The van der Waals surface area contributed by atoms with Gasteiger partial charge in [0.25, 0.3) is 0 Å². The molecule has 0 spiro atoms. The van der Waals surface area contributed by atoms with Crippen LogP contribution < -0.4 is 54.8 Å². The summed E-state index contributed by atoms with van der Waals surface area (Å²) in [4.78, 5) is 207. The highest BCUT2D eigenvalue weighted by Gasteiger charge is 2.58. The molecule has 11 amide bonds. The summed E-state index contributed by atoms with van der Waals surface area (Å²) in [5, 5.41) is 56.8. The molecule has 43 nitrogen and oxygen atoms in total. The predicted molar refractivity (Wildman–Crippen MR) is 556 cm³/mol. The topological polar surface area (TPSA) is 593 Å². The Morgan fingerprint density at radius 3 is 1.45 bits per heavy atom. The number of esters is 3. The second-order valence-electron chi connectivity index (χ2n) is 45.2. The van der Waals surface area contributed by atoms with Gasteiger partial charge < -0.3 is 119 Å². The third-order valence-electron chi connectivity index (χ3n) is 32.1. The highest BCUT2D eigenvalue weighted by Crippen LogP contribution is 2.46. The van der Waals surface area contributed by atoms with Crippen molar-refractivity contribution < 1.29 is 111 Å². The highest BCUT2D eigenvalue weighted by atomic mass is 16.7. The second kappa shape index (κ2) is 54.8. The molecule has 2 aromatic carbocycles. The molecule has 2 bridgehead atoms. The van der Waals surface area contributed by atoms with E-state index in [1.807, 2.05) is 98.2 Å². The lowest BCUT2D eigenvalue weighted by molar-refractivity contribution is -0.176. The number of hydrogen-bond acceptors (Lipinski definition) is 29. The van der Waals surface area contributed by atoms with Gasteiger partial charge in [0, 0.05) is 156 Å². The van der Waals surface area contributed by atoms with Gasteiger partial charge in [-0.3, -0.25) is 82.0 Å². The van der Waals surface area contributed by atoms with Crippen molar-refractivity contribution in [3.05, 3.63) is 71.8 Å². The number of ether oxygens (including phenoxy) is 3. The molecule has 150 heavy (non-hydrogen) atoms. The summed E-state index contributed by atoms with van der Waals surface area (Å²) in [5.74, 6) is -3.40. The molecule has 43 heteroatoms. The standard InChI is InChI=1S/C27H43N7O8.C21H28N2O4.C17H22N2O2.2C11H19NO2.C10H21N5O3.C10H18N2O2/c1-14(28)29-9-5-6-17-23(38)30-12-20(36)31-18(11-21(37)42-27(2,3)4)24(39)33-22-15(13-35)10-16-7-8-19(25(40)32-17)34(16)26(22)41;1-21(2,3)27-20(25)17-10-9-16-11-15-13-26-22(18(15)19(24)23(16)17)12-14-7-5-4-6-8-14;1-12-7-8-15-9-14-11-21-18(16(14)17(20)19(12)15)10-13-5-3-2-4-6-13;2*1-7-3-4-10-5-9(6-13)8(2)11(14)12(7)10;1-13-10(12)14-5-3-4-7(11)9(17)15-6-8(16)18-2;1-6-2-3-8-4-7(5-13)9(11)10(14)12(6)8/h15-19,22,35H,5-13H2,1-4H3,(H2,28,29)(H,30,38)(H,31,36)(H,32,40)(H,33,39);4-8,15-18H,9-13H2,1-3H3;2-6,12,14-16H,7-11H2,1H3;2*7-10,13H,3-6H2,1-2H3;7H,3-6,11H2,1-2H3,(H,15,17)(H3,12,13,14);6-9,13H,2-5,11H2,1H3/t15-,16-,17-,18-,19-,22+;15?,16?,17-,18?;12-,14+,15?,16?;2*7-,8?,9+,10?;7-;6-,7+,8?,9?/m0011111/s1. The summed E-state index contributed by atoms with van der Waals surface area (Å²) in [5.41, 5.74) is 23.3. The van der Waals surface area contributed by atoms with Crippen LogP contribution in [0.2, 0.25) is 0 Å². The minimum atomic E-state index is -1.43. The molecular weight excluding hydrogens is 1930 g/mol. The lowest BCUT2D eigenvalue weighted by Crippen LogP contribution is -2.64. The summed E-state index contributed by atoms with van der Waals surface area (Å²) in [7, 11) is 2.83. The Bertz CT molecular complexity index is 4850. The maximum Gasteiger partial charge on any atom is 0.329 e. The lowest BCUT2D eigenvalue weighted by Gasteiger charge is -2.42. The number of hydrogen-bond donors (Lipinski definition) is 14. The number of aliphatic imine (C=N–C) groups is 2. The first-order chi connectivity index (χ1) is 71.2. The first-order valence-corrected chi connectivity index (χ1v) is 54.2. The Balaban J connectivity index is 0.000000173. The number of rotatable bonds is 22. The molecule has 0 radical (unpaired) electrons. The molecule has 27 atom stereocenters. The largest absolute Gasteiger partial charge is 0.468 e. The van der Waals surface area contributed by atoms with Gasteiger partial charge >= 0.3 is 17.9 Å². The van der Waals surface area contributed by atoms with Crippen LogP contribution in [0.5, 0.6) is 0 Å². The molecule has 0 aliphatic carbocycles. The number of piperidine rings is 6. The number of carbonyl (C=O) groups excluding carboxylic acids is 14. The Labute approximate surface area is 882 Å². The van der Waals surface area contributed by atoms with Crippen molar-refractivity contribution in [2.45, 2.75) is 377 Å². The quantitative estimate of drug-likeness (QED) is 0.0264. The van der Waals surface area contributed by atoms with Crippen LogP contribution in [0.3, 0.4) is 0 Å². The van der Waals surface area contributed by atoms with E-state index in [2.05, 4.69) is 101 Å². The van der Waals surface area contributed by atoms with Crippen LogP contribution in [0.4, 0.5) is 0 Å². The molecule has 11 unspecified atom stereocenters. The number of amidine groups is 1. The first-order valence-electron chi connectivity index (χ1n) is 54.2. The van der Waals surface area contributed by atoms with Crippen LogP contribution in [-0.2, 0) is 104 Å². The number of aliphatic hydroxyl groups excluding tert-OH is 4. The summed E-state index contributed by atoms with van der Waals surface area (Å²) in [6.07, 6.45) is 17.7. The van der Waals surface area contributed by atoms with E-state index in [4.69, 9.17) is 47.2 Å². The minimum absolute atomic E-state index is 0.0109. The number of guanidine groups is 1. The summed E-state index contributed by atoms with van der Waals surface area (Å²) in [6, 6.07) is 16.7. The van der Waals surface area contributed by atoms with Crippen molar-refractivity contribution in [2.24, 2.45) is 80.3 Å². The molecule has 836 valence electrons. The highest BCUT2D eigenvalue weighted by molar-refractivity contribution is 5.99. The van der Waals surface area contributed by atoms with Gasteiger partial charge in [-0.25, -0.2) is 4.79 Å². The van der Waals surface area contributed by atoms with Crippen LogP contribution in [0.25, 0.3) is 0 Å². The van der Waals surface area contributed by atoms with E-state index in [0.717, 1.165) is 95.5 Å². The van der Waals surface area contributed by atoms with Gasteiger partial charge in [0.1, 0.15) is 60.0 Å². The molecular formula is C107H170N20O23. The summed E-state index contributed by atoms with van der Waals surface area (Å²) < 4.78 is 15.3. The van der Waals surface area contributed by atoms with Crippen molar-refractivity contribution in [1.82, 2.24) is 71.4 Å². The maximum atomic E-state index is 13.7. The van der Waals surface area contributed by atoms with Crippen molar-refractivity contribution in [1.29, 1.82) is 0 Å². The number of benzene rings is 2. The lowest BCUT2D eigenvalue weighted by atomic mass is 9.83. The zero-order chi connectivity index (χ0) is 110. The molecule has 18 N–H and O–H groups in total. The number of methoxy groups -OCH3 is 1. The summed E-state index contributed by atoms with van der Waals surface area (Å²) in [6.45, 7) is 27.3. The van der Waals surface area contributed by atoms with Crippen LogP contribution in [0.1, 0.15) is 249 Å². The number of hydroxylamine groups is 4. The number of fused-ring (bicyclic) bond motifs is 8. The van der Waals surface area contributed by atoms with Gasteiger partial charge in [-0.15, -0.1) is 0 Å². The maximum absolute atomic E-state index is 13.7. The van der Waals surface area contributed by atoms with Crippen molar-refractivity contribution in [3.8, 4) is 0 Å². The van der Waals surface area contributed by atoms with E-state index in [0.29, 0.717) is 150 Å². The normalized spacial score (nSPS) is 32.4. The van der Waals surface area contributed by atoms with E-state index in [-0.39, 0.29) is 134 Å². The fraction of sp³-hybridized carbons (Fsp3) is 0.738. The molecule has 15 aliphatic rings. The number of nitrogens with zero attached hydrogens (tertiary/aromatic N) is 10. The van der Waals surface area contributed by atoms with Gasteiger partial charge in [0.05, 0.1) is 51.2 Å². The second-order valence-corrected chi connectivity index (χ2v) is 45.2. The van der Waals surface area contributed by atoms with Gasteiger partial charge in [0.15, 0.2) is 5.96 Å². The van der Waals surface area contributed by atoms with Gasteiger partial charge in [0.2, 0.25) is 65.0 Å². The summed E-state index contributed by atoms with van der Waals surface area (Å²) >= 11 is 0. The van der Waals surface area contributed by atoms with E-state index in [1.54, 1.807) is 39.6 Å². The SMILES string of the molecule is CC(C)(C)OC(=O)[C@@H]1CCC2CC3CON(Cc4ccccc4)C3C(=O)N21.CC(N)=NCCC[C@@H]1NC(=O)[C@@H]2CC[C@H]3C[C@@H](CO)[C@@H](NC(=O)[C@H](CC(=O)OC(C)(C)C)NC(=O)CNC1=O)C(=O)N32.CC1C(=O)N2C(CC[C@H]2C)C[C@H]1CO.CC1C(=O)N2C(CC[C@H]2C)C[C@H]1CO.CN=C(N)NCCC[C@@H](N)C(=O)NCC(=O)OC.C[C@@H]1CCC2C[C@@H](CO)C(N)C(=O)N21.C[C@@H]1CCC2C[C@H]3CON(Cc4ccccc4)C3C(=O)N21. The van der Waals surface area contributed by atoms with Crippen molar-refractivity contribution >= 4 is 94.7 Å². The molecule has 17 rings (SSSR count). The molecule has 15 fully saturated rings. The van der Waals surface area contributed by atoms with Crippen molar-refractivity contribution in [3.63, 3.8) is 0 Å². The van der Waals surface area contributed by atoms with Gasteiger partial charge in [-0.05, 0) is 240 Å². The van der Waals surface area contributed by atoms with Crippen LogP contribution in [0, 0.1) is 47.3 Å². The third-order valence-corrected chi connectivity index (χ3v) is 32.1. The number of aliphatic hydroxyl groups is 4. The average Bonchev–Trinajstić information content (AvgIpc) is 1.60. The molecule has 15 heterocycles. The number of amides is 11. The Hall–Kier alpha value is -10.6. The molecule has 0 aromatic heterocycles. The first kappa shape index (κ1) is 120. The number of carbonyl (C=O) groups is 14. The molecule has 15 aliphatic heterocycles. The number of nitrogens with two attached hydrogens (primary N) is 4. The van der Waals surface area contributed by atoms with E-state index in [9.17, 15) is 82.4 Å². The van der Waals surface area contributed by atoms with Crippen LogP contribution in [-0.4, -0.2) is 361 Å². The Morgan fingerprint density at radius 1 is 0.507 bits per heavy atom. The smallest absolute Gasteiger partial charge is 0.329 e. The average molecular weight is 2100 g/mol. The van der Waals surface area contributed by atoms with E-state index < -0.39 is 120 Å². The van der Waals surface area contributed by atoms with E-state index in [1.165, 1.54) is 17.6 Å². The minimum Gasteiger partial charge on any atom is -0.468 e. The zero-order valence-corrected chi connectivity index (χ0v) is 90.4. The number of nitrogens with one attached hydrogen (secondary N) is 6. The van der Waals surface area contributed by atoms with Crippen LogP contribution >= 0.6 is 0 Å². The van der Waals surface area contributed by atoms with Gasteiger partial charge in [-0.2, -0.15) is 10.1 Å². The fourth-order valence-corrected chi connectivity index (χ4v) is 24.1. The fourth-order valence-electron chi connectivity index (χ4n) is 24.1. The monoisotopic (exact) mass is 2100 g/mol. The van der Waals surface area contributed by atoms with E-state index >= 15 is 0 Å². The Morgan fingerprint density at radius 2 is 0.960 bits per heavy atom. The molecule has 2 aromatic rings. The van der Waals surface area contributed by atoms with Crippen molar-refractivity contribution in [2.75, 3.05) is 80.0 Å².